The standard InChI is InChI=1S/C7H9N5O/c1-8-7-11-6(13)4-5(12(7)2)10-3-9-4/h3H,1-2H3,(H,9,10)(H,8,11,13). The van der Waals surface area contributed by atoms with Gasteiger partial charge in [0.2, 0.25) is 5.95 Å². The number of rotatable bonds is 1. The van der Waals surface area contributed by atoms with E-state index in [0.29, 0.717) is 17.1 Å². The van der Waals surface area contributed by atoms with E-state index in [1.807, 2.05) is 0 Å². The molecule has 2 heterocycles. The first-order valence-electron chi connectivity index (χ1n) is 3.82. The van der Waals surface area contributed by atoms with Crippen molar-refractivity contribution >= 4 is 17.1 Å². The Morgan fingerprint density at radius 2 is 2.38 bits per heavy atom. The lowest BCUT2D eigenvalue weighted by Crippen LogP contribution is -2.15. The minimum Gasteiger partial charge on any atom is -0.359 e. The summed E-state index contributed by atoms with van der Waals surface area (Å²) < 4.78 is 1.72. The first-order chi connectivity index (χ1) is 6.24. The number of fused-ring (bicyclic) bond motifs is 1. The third kappa shape index (κ3) is 0.986. The molecule has 0 aromatic carbocycles. The Balaban J connectivity index is 2.94. The summed E-state index contributed by atoms with van der Waals surface area (Å²) in [6.45, 7) is 0. The summed E-state index contributed by atoms with van der Waals surface area (Å²) in [6.07, 6.45) is 1.48. The van der Waals surface area contributed by atoms with Crippen LogP contribution in [0.4, 0.5) is 5.95 Å². The van der Waals surface area contributed by atoms with Gasteiger partial charge in [-0.05, 0) is 0 Å². The number of anilines is 1. The molecule has 2 N–H and O–H groups in total. The lowest BCUT2D eigenvalue weighted by Gasteiger charge is -2.05. The molecular formula is C7H9N5O. The molecule has 0 radical (unpaired) electrons. The Kier molecular flexibility index (Phi) is 1.54. The van der Waals surface area contributed by atoms with Crippen molar-refractivity contribution in [1.29, 1.82) is 0 Å². The number of aryl methyl sites for hydroxylation is 1. The van der Waals surface area contributed by atoms with Gasteiger partial charge in [0.05, 0.1) is 6.33 Å². The van der Waals surface area contributed by atoms with Gasteiger partial charge in [-0.25, -0.2) is 4.98 Å². The predicted octanol–water partition coefficient (Wildman–Crippen LogP) is -0.302. The number of H-pyrrole nitrogens is 1. The molecule has 0 saturated heterocycles. The summed E-state index contributed by atoms with van der Waals surface area (Å²) in [5.74, 6) is 0.504. The van der Waals surface area contributed by atoms with E-state index in [2.05, 4.69) is 20.3 Å². The predicted molar refractivity (Wildman–Crippen MR) is 48.7 cm³/mol. The van der Waals surface area contributed by atoms with Crippen molar-refractivity contribution in [2.45, 2.75) is 0 Å². The molecule has 2 aromatic heterocycles. The number of nitrogens with zero attached hydrogens (tertiary/aromatic N) is 3. The number of aromatic nitrogens is 4. The highest BCUT2D eigenvalue weighted by atomic mass is 16.1. The molecule has 0 aliphatic heterocycles. The minimum atomic E-state index is -0.296. The maximum atomic E-state index is 11.3. The van der Waals surface area contributed by atoms with E-state index in [-0.39, 0.29) is 5.56 Å². The molecule has 13 heavy (non-hydrogen) atoms. The van der Waals surface area contributed by atoms with Crippen LogP contribution in [0.25, 0.3) is 11.2 Å². The first kappa shape index (κ1) is 7.78. The number of hydrogen-bond acceptors (Lipinski definition) is 4. The van der Waals surface area contributed by atoms with Crippen LogP contribution < -0.4 is 10.9 Å². The van der Waals surface area contributed by atoms with Crippen LogP contribution in [0.1, 0.15) is 0 Å². The van der Waals surface area contributed by atoms with Crippen molar-refractivity contribution in [3.63, 3.8) is 0 Å². The third-order valence-electron chi connectivity index (χ3n) is 1.90. The van der Waals surface area contributed by atoms with Gasteiger partial charge in [0.15, 0.2) is 11.2 Å². The van der Waals surface area contributed by atoms with E-state index in [1.54, 1.807) is 18.7 Å². The van der Waals surface area contributed by atoms with Crippen LogP contribution in [0.2, 0.25) is 0 Å². The van der Waals surface area contributed by atoms with Gasteiger partial charge in [-0.15, -0.1) is 0 Å². The van der Waals surface area contributed by atoms with E-state index in [4.69, 9.17) is 0 Å². The van der Waals surface area contributed by atoms with E-state index in [0.717, 1.165) is 0 Å². The van der Waals surface area contributed by atoms with Crippen molar-refractivity contribution in [3.8, 4) is 0 Å². The highest BCUT2D eigenvalue weighted by Gasteiger charge is 2.07. The molecule has 68 valence electrons. The number of nitrogens with one attached hydrogen (secondary N) is 2. The Morgan fingerprint density at radius 3 is 3.08 bits per heavy atom. The average Bonchev–Trinajstić information content (AvgIpc) is 2.60. The number of aromatic amines is 1. The smallest absolute Gasteiger partial charge is 0.300 e. The molecule has 0 aliphatic carbocycles. The lowest BCUT2D eigenvalue weighted by molar-refractivity contribution is 0.896. The number of hydrogen-bond donors (Lipinski definition) is 2. The highest BCUT2D eigenvalue weighted by molar-refractivity contribution is 5.70. The zero-order valence-corrected chi connectivity index (χ0v) is 7.33. The van der Waals surface area contributed by atoms with Crippen LogP contribution in [0.5, 0.6) is 0 Å². The molecule has 0 spiro atoms. The zero-order chi connectivity index (χ0) is 9.42. The van der Waals surface area contributed by atoms with Crippen molar-refractivity contribution in [3.05, 3.63) is 16.7 Å². The molecular weight excluding hydrogens is 170 g/mol. The van der Waals surface area contributed by atoms with Crippen LogP contribution in [-0.2, 0) is 7.05 Å². The second-order valence-corrected chi connectivity index (χ2v) is 2.65. The Morgan fingerprint density at radius 1 is 1.62 bits per heavy atom. The summed E-state index contributed by atoms with van der Waals surface area (Å²) >= 11 is 0. The Labute approximate surface area is 73.6 Å². The SMILES string of the molecule is CNc1nc(=O)c2[nH]cnc2n1C. The maximum Gasteiger partial charge on any atom is 0.300 e. The van der Waals surface area contributed by atoms with Crippen LogP contribution in [0, 0.1) is 0 Å². The normalized spacial score (nSPS) is 10.6. The monoisotopic (exact) mass is 179 g/mol. The Hall–Kier alpha value is -1.85. The minimum absolute atomic E-state index is 0.296. The molecule has 0 amide bonds. The molecule has 6 nitrogen and oxygen atoms in total. The summed E-state index contributed by atoms with van der Waals surface area (Å²) in [7, 11) is 3.50. The van der Waals surface area contributed by atoms with Crippen molar-refractivity contribution in [2.24, 2.45) is 7.05 Å². The van der Waals surface area contributed by atoms with Crippen molar-refractivity contribution in [2.75, 3.05) is 12.4 Å². The molecule has 0 unspecified atom stereocenters. The van der Waals surface area contributed by atoms with Gasteiger partial charge in [-0.1, -0.05) is 0 Å². The fraction of sp³-hybridized carbons (Fsp3) is 0.286. The molecule has 0 saturated carbocycles. The van der Waals surface area contributed by atoms with Crippen LogP contribution in [0.15, 0.2) is 11.1 Å². The second-order valence-electron chi connectivity index (χ2n) is 2.65. The Bertz CT molecular complexity index is 497. The van der Waals surface area contributed by atoms with Gasteiger partial charge in [-0.3, -0.25) is 9.36 Å². The molecule has 0 fully saturated rings. The molecule has 2 rings (SSSR count). The highest BCUT2D eigenvalue weighted by Crippen LogP contribution is 2.06. The first-order valence-corrected chi connectivity index (χ1v) is 3.82. The lowest BCUT2D eigenvalue weighted by atomic mass is 10.5. The molecule has 2 aromatic rings. The van der Waals surface area contributed by atoms with Crippen LogP contribution in [0.3, 0.4) is 0 Å². The van der Waals surface area contributed by atoms with Crippen LogP contribution >= 0.6 is 0 Å². The van der Waals surface area contributed by atoms with Gasteiger partial charge in [0.1, 0.15) is 0 Å². The maximum absolute atomic E-state index is 11.3. The fourth-order valence-electron chi connectivity index (χ4n) is 1.25. The zero-order valence-electron chi connectivity index (χ0n) is 7.33. The van der Waals surface area contributed by atoms with Gasteiger partial charge >= 0.3 is 5.56 Å². The summed E-state index contributed by atoms with van der Waals surface area (Å²) in [5, 5.41) is 2.82. The average molecular weight is 179 g/mol. The molecule has 6 heteroatoms. The van der Waals surface area contributed by atoms with Gasteiger partial charge in [0, 0.05) is 14.1 Å². The summed E-state index contributed by atoms with van der Waals surface area (Å²) in [6, 6.07) is 0. The van der Waals surface area contributed by atoms with Crippen molar-refractivity contribution < 1.29 is 0 Å². The molecule has 0 bridgehead atoms. The summed E-state index contributed by atoms with van der Waals surface area (Å²) in [5.41, 5.74) is 0.737. The van der Waals surface area contributed by atoms with E-state index in [1.165, 1.54) is 6.33 Å². The van der Waals surface area contributed by atoms with Gasteiger partial charge in [0.25, 0.3) is 0 Å². The second kappa shape index (κ2) is 2.58. The van der Waals surface area contributed by atoms with Crippen molar-refractivity contribution in [1.82, 2.24) is 19.5 Å². The largest absolute Gasteiger partial charge is 0.359 e. The fourth-order valence-corrected chi connectivity index (χ4v) is 1.25. The van der Waals surface area contributed by atoms with Gasteiger partial charge < -0.3 is 10.3 Å². The molecule has 0 aliphatic rings. The van der Waals surface area contributed by atoms with E-state index in [9.17, 15) is 4.79 Å². The molecule has 0 atom stereocenters. The summed E-state index contributed by atoms with van der Waals surface area (Å²) in [4.78, 5) is 21.9. The van der Waals surface area contributed by atoms with Gasteiger partial charge in [-0.2, -0.15) is 4.98 Å². The van der Waals surface area contributed by atoms with E-state index < -0.39 is 0 Å². The quantitative estimate of drug-likeness (QED) is 0.630. The number of imidazole rings is 1. The topological polar surface area (TPSA) is 75.6 Å². The van der Waals surface area contributed by atoms with Crippen LogP contribution in [-0.4, -0.2) is 26.6 Å². The third-order valence-corrected chi connectivity index (χ3v) is 1.90. The van der Waals surface area contributed by atoms with E-state index >= 15 is 0 Å².